The van der Waals surface area contributed by atoms with Crippen LogP contribution in [-0.4, -0.2) is 39.4 Å². The van der Waals surface area contributed by atoms with Crippen molar-refractivity contribution in [3.8, 4) is 0 Å². The summed E-state index contributed by atoms with van der Waals surface area (Å²) in [7, 11) is -2.88. The molecule has 3 nitrogen and oxygen atoms in total. The maximum absolute atomic E-state index is 11.4. The summed E-state index contributed by atoms with van der Waals surface area (Å²) in [5, 5.41) is 3.22. The van der Waals surface area contributed by atoms with Crippen LogP contribution in [0.2, 0.25) is 0 Å². The van der Waals surface area contributed by atoms with Crippen LogP contribution in [0.3, 0.4) is 0 Å². The number of sulfone groups is 1. The Morgan fingerprint density at radius 2 is 1.93 bits per heavy atom. The van der Waals surface area contributed by atoms with Crippen LogP contribution in [0.25, 0.3) is 0 Å². The summed E-state index contributed by atoms with van der Waals surface area (Å²) in [6.45, 7) is 5.35. The van der Waals surface area contributed by atoms with Gasteiger partial charge in [-0.1, -0.05) is 6.08 Å². The molecule has 5 heteroatoms. The van der Waals surface area contributed by atoms with Crippen molar-refractivity contribution >= 4 is 21.4 Å². The van der Waals surface area contributed by atoms with E-state index in [2.05, 4.69) is 23.5 Å². The second-order valence-corrected chi connectivity index (χ2v) is 5.71. The van der Waals surface area contributed by atoms with Gasteiger partial charge in [-0.15, -0.1) is 18.2 Å². The highest BCUT2D eigenvalue weighted by molar-refractivity contribution is 7.91. The molecule has 0 atom stereocenters. The molecule has 1 saturated heterocycles. The maximum Gasteiger partial charge on any atom is 0.154 e. The molecule has 1 rings (SSSR count). The zero-order valence-corrected chi connectivity index (χ0v) is 10.8. The first kappa shape index (κ1) is 14.9. The highest BCUT2D eigenvalue weighted by Gasteiger charge is 2.19. The van der Waals surface area contributed by atoms with Crippen LogP contribution in [0.5, 0.6) is 0 Å². The van der Waals surface area contributed by atoms with Gasteiger partial charge < -0.3 is 5.32 Å². The van der Waals surface area contributed by atoms with Gasteiger partial charge in [0.15, 0.2) is 9.84 Å². The molecule has 0 aromatic heterocycles. The van der Waals surface area contributed by atoms with Gasteiger partial charge in [0.1, 0.15) is 0 Å². The van der Waals surface area contributed by atoms with Crippen LogP contribution >= 0.6 is 11.6 Å². The molecule has 1 fully saturated rings. The quantitative estimate of drug-likeness (QED) is 0.609. The average Bonchev–Trinajstić information content (AvgIpc) is 2.21. The van der Waals surface area contributed by atoms with Gasteiger partial charge >= 0.3 is 0 Å². The Morgan fingerprint density at radius 3 is 2.40 bits per heavy atom. The minimum absolute atomic E-state index is 0.122. The van der Waals surface area contributed by atoms with Gasteiger partial charge in [-0.2, -0.15) is 0 Å². The monoisotopic (exact) mass is 253 g/mol. The molecule has 0 radical (unpaired) electrons. The first-order chi connectivity index (χ1) is 7.14. The van der Waals surface area contributed by atoms with E-state index in [9.17, 15) is 8.42 Å². The summed E-state index contributed by atoms with van der Waals surface area (Å²) in [6, 6.07) is 0. The van der Waals surface area contributed by atoms with E-state index in [1.165, 1.54) is 12.5 Å². The molecule has 15 heavy (non-hydrogen) atoms. The Bertz CT molecular complexity index is 259. The molecule has 0 aromatic carbocycles. The summed E-state index contributed by atoms with van der Waals surface area (Å²) in [6.07, 6.45) is 4.91. The molecule has 0 unspecified atom stereocenters. The minimum Gasteiger partial charge on any atom is -0.317 e. The molecule has 0 spiro atoms. The third-order valence-electron chi connectivity index (χ3n) is 2.32. The number of alkyl halides is 1. The summed E-state index contributed by atoms with van der Waals surface area (Å²) in [5.74, 6) is 0.809. The van der Waals surface area contributed by atoms with E-state index in [0.717, 1.165) is 25.9 Å². The van der Waals surface area contributed by atoms with Gasteiger partial charge in [-0.3, -0.25) is 0 Å². The molecule has 0 amide bonds. The smallest absolute Gasteiger partial charge is 0.154 e. The van der Waals surface area contributed by atoms with Gasteiger partial charge in [-0.25, -0.2) is 8.42 Å². The summed E-state index contributed by atoms with van der Waals surface area (Å²) >= 11 is 4.64. The van der Waals surface area contributed by atoms with Crippen molar-refractivity contribution in [2.24, 2.45) is 5.92 Å². The van der Waals surface area contributed by atoms with Gasteiger partial charge in [-0.05, 0) is 31.8 Å². The number of nitrogens with one attached hydrogen (secondary N) is 1. The second kappa shape index (κ2) is 8.13. The lowest BCUT2D eigenvalue weighted by atomic mass is 10.0. The lowest BCUT2D eigenvalue weighted by Gasteiger charge is -2.21. The van der Waals surface area contributed by atoms with Crippen molar-refractivity contribution in [3.63, 3.8) is 0 Å². The average molecular weight is 254 g/mol. The Hall–Kier alpha value is -0.0600. The Balaban J connectivity index is 0.000000921. The molecule has 1 N–H and O–H groups in total. The Labute approximate surface area is 97.8 Å². The molecule has 1 aliphatic heterocycles. The third kappa shape index (κ3) is 6.93. The molecular weight excluding hydrogens is 234 g/mol. The zero-order chi connectivity index (χ0) is 11.7. The second-order valence-electron chi connectivity index (χ2n) is 3.56. The zero-order valence-electron chi connectivity index (χ0n) is 9.21. The molecule has 90 valence electrons. The Kier molecular flexibility index (Phi) is 8.10. The van der Waals surface area contributed by atoms with Crippen molar-refractivity contribution in [3.05, 3.63) is 12.7 Å². The topological polar surface area (TPSA) is 46.2 Å². The van der Waals surface area contributed by atoms with Crippen molar-refractivity contribution in [2.45, 2.75) is 12.8 Å². The SMILES string of the molecule is C=CCS(=O)(=O)CC1CCNCC1.CCl. The summed E-state index contributed by atoms with van der Waals surface area (Å²) in [5.41, 5.74) is 0. The Morgan fingerprint density at radius 1 is 1.40 bits per heavy atom. The number of halogens is 1. The first-order valence-electron chi connectivity index (χ1n) is 5.04. The minimum atomic E-state index is -2.88. The maximum atomic E-state index is 11.4. The van der Waals surface area contributed by atoms with Gasteiger partial charge in [0, 0.05) is 6.38 Å². The number of hydrogen-bond donors (Lipinski definition) is 1. The van der Waals surface area contributed by atoms with E-state index < -0.39 is 9.84 Å². The van der Waals surface area contributed by atoms with E-state index in [4.69, 9.17) is 0 Å². The molecule has 0 aliphatic carbocycles. The van der Waals surface area contributed by atoms with Crippen molar-refractivity contribution in [1.82, 2.24) is 5.32 Å². The molecular formula is C10H20ClNO2S. The fourth-order valence-corrected chi connectivity index (χ4v) is 3.20. The van der Waals surface area contributed by atoms with Crippen molar-refractivity contribution in [1.29, 1.82) is 0 Å². The van der Waals surface area contributed by atoms with Crippen molar-refractivity contribution in [2.75, 3.05) is 31.0 Å². The molecule has 1 aliphatic rings. The highest BCUT2D eigenvalue weighted by atomic mass is 35.5. The predicted octanol–water partition coefficient (Wildman–Crippen LogP) is 1.44. The van der Waals surface area contributed by atoms with Crippen LogP contribution < -0.4 is 5.32 Å². The van der Waals surface area contributed by atoms with Crippen LogP contribution in [0.15, 0.2) is 12.7 Å². The van der Waals surface area contributed by atoms with Gasteiger partial charge in [0.05, 0.1) is 11.5 Å². The highest BCUT2D eigenvalue weighted by Crippen LogP contribution is 2.14. The molecule has 0 aromatic rings. The fraction of sp³-hybridized carbons (Fsp3) is 0.800. The number of piperidine rings is 1. The number of rotatable bonds is 4. The van der Waals surface area contributed by atoms with E-state index in [1.54, 1.807) is 0 Å². The van der Waals surface area contributed by atoms with Gasteiger partial charge in [0.25, 0.3) is 0 Å². The van der Waals surface area contributed by atoms with E-state index >= 15 is 0 Å². The lowest BCUT2D eigenvalue weighted by Crippen LogP contribution is -2.31. The lowest BCUT2D eigenvalue weighted by molar-refractivity contribution is 0.401. The number of hydrogen-bond acceptors (Lipinski definition) is 3. The summed E-state index contributed by atoms with van der Waals surface area (Å²) in [4.78, 5) is 0. The normalized spacial score (nSPS) is 17.7. The molecule has 1 heterocycles. The largest absolute Gasteiger partial charge is 0.317 e. The van der Waals surface area contributed by atoms with Gasteiger partial charge in [0.2, 0.25) is 0 Å². The molecule has 0 bridgehead atoms. The van der Waals surface area contributed by atoms with Crippen LogP contribution in [0, 0.1) is 5.92 Å². The molecule has 0 saturated carbocycles. The van der Waals surface area contributed by atoms with Crippen LogP contribution in [-0.2, 0) is 9.84 Å². The third-order valence-corrected chi connectivity index (χ3v) is 4.04. The first-order valence-corrected chi connectivity index (χ1v) is 7.61. The van der Waals surface area contributed by atoms with E-state index in [-0.39, 0.29) is 5.75 Å². The van der Waals surface area contributed by atoms with Crippen LogP contribution in [0.4, 0.5) is 0 Å². The standard InChI is InChI=1S/C9H17NO2S.CH3Cl/c1-2-7-13(11,12)8-9-3-5-10-6-4-9;1-2/h2,9-10H,1,3-8H2;1H3. The predicted molar refractivity (Wildman–Crippen MR) is 66.2 cm³/mol. The van der Waals surface area contributed by atoms with E-state index in [0.29, 0.717) is 11.7 Å². The van der Waals surface area contributed by atoms with Crippen LogP contribution in [0.1, 0.15) is 12.8 Å². The van der Waals surface area contributed by atoms with Crippen molar-refractivity contribution < 1.29 is 8.42 Å². The fourth-order valence-electron chi connectivity index (χ4n) is 1.66. The van der Waals surface area contributed by atoms with E-state index in [1.807, 2.05) is 0 Å². The summed E-state index contributed by atoms with van der Waals surface area (Å²) < 4.78 is 22.8.